The first kappa shape index (κ1) is 30.2. The first-order valence-electron chi connectivity index (χ1n) is 20.4. The summed E-state index contributed by atoms with van der Waals surface area (Å²) in [4.78, 5) is 5.44. The van der Waals surface area contributed by atoms with Crippen LogP contribution in [-0.4, -0.2) is 18.4 Å². The van der Waals surface area contributed by atoms with Crippen LogP contribution in [0, 0.1) is 0 Å². The first-order valence-corrected chi connectivity index (χ1v) is 20.4. The summed E-state index contributed by atoms with van der Waals surface area (Å²) in [6.07, 6.45) is 2.15. The Kier molecular flexibility index (Phi) is 5.38. The Bertz CT molecular complexity index is 4300. The molecule has 270 valence electrons. The number of benzene rings is 9. The van der Waals surface area contributed by atoms with Crippen LogP contribution in [0.3, 0.4) is 0 Å². The summed E-state index contributed by atoms with van der Waals surface area (Å²) >= 11 is 0. The molecule has 4 nitrogen and oxygen atoms in total. The van der Waals surface area contributed by atoms with E-state index in [1.807, 2.05) is 0 Å². The van der Waals surface area contributed by atoms with Crippen molar-refractivity contribution in [3.63, 3.8) is 0 Å². The minimum atomic E-state index is 1.01. The van der Waals surface area contributed by atoms with Gasteiger partial charge >= 0.3 is 0 Å². The van der Waals surface area contributed by atoms with Crippen LogP contribution < -0.4 is 0 Å². The molecule has 4 heteroatoms. The van der Waals surface area contributed by atoms with Crippen molar-refractivity contribution in [2.24, 2.45) is 0 Å². The molecule has 0 fully saturated rings. The third-order valence-electron chi connectivity index (χ3n) is 13.5. The summed E-state index contributed by atoms with van der Waals surface area (Å²) in [5.74, 6) is 0. The fraction of sp³-hybridized carbons (Fsp3) is 0. The van der Waals surface area contributed by atoms with Crippen molar-refractivity contribution >= 4 is 120 Å². The average Bonchev–Trinajstić information content (AvgIpc) is 4.08. The fourth-order valence-electron chi connectivity index (χ4n) is 11.1. The van der Waals surface area contributed by atoms with Crippen LogP contribution in [0.2, 0.25) is 0 Å². The molecule has 0 bridgehead atoms. The predicted molar refractivity (Wildman–Crippen MR) is 248 cm³/mol. The minimum absolute atomic E-state index is 1.01. The lowest BCUT2D eigenvalue weighted by Crippen LogP contribution is -1.93. The number of para-hydroxylation sites is 4. The zero-order valence-electron chi connectivity index (χ0n) is 31.6. The normalized spacial score (nSPS) is 12.7. The van der Waals surface area contributed by atoms with E-state index in [2.05, 4.69) is 195 Å². The van der Waals surface area contributed by atoms with Crippen molar-refractivity contribution in [2.45, 2.75) is 0 Å². The van der Waals surface area contributed by atoms with Gasteiger partial charge in [-0.3, -0.25) is 4.40 Å². The van der Waals surface area contributed by atoms with Crippen LogP contribution in [0.5, 0.6) is 0 Å². The molecule has 0 spiro atoms. The van der Waals surface area contributed by atoms with E-state index < -0.39 is 0 Å². The summed E-state index contributed by atoms with van der Waals surface area (Å²) in [5.41, 5.74) is 13.1. The number of pyridine rings is 1. The largest absolute Gasteiger partial charge is 0.309 e. The Morgan fingerprint density at radius 2 is 0.966 bits per heavy atom. The fourth-order valence-corrected chi connectivity index (χ4v) is 11.1. The summed E-state index contributed by atoms with van der Waals surface area (Å²) < 4.78 is 7.36. The van der Waals surface area contributed by atoms with Crippen molar-refractivity contribution in [1.82, 2.24) is 18.4 Å². The van der Waals surface area contributed by atoms with Gasteiger partial charge in [0.1, 0.15) is 5.65 Å². The number of fused-ring (bicyclic) bond motifs is 19. The monoisotopic (exact) mass is 746 g/mol. The number of rotatable bonds is 2. The topological polar surface area (TPSA) is 26.6 Å². The van der Waals surface area contributed by atoms with Gasteiger partial charge in [0.25, 0.3) is 0 Å². The Hall–Kier alpha value is -7.95. The van der Waals surface area contributed by atoms with Gasteiger partial charge in [-0.1, -0.05) is 127 Å². The molecule has 0 aliphatic heterocycles. The van der Waals surface area contributed by atoms with Crippen molar-refractivity contribution < 1.29 is 0 Å². The van der Waals surface area contributed by atoms with Crippen LogP contribution in [0.15, 0.2) is 182 Å². The second kappa shape index (κ2) is 10.5. The molecular weight excluding hydrogens is 717 g/mol. The maximum Gasteiger partial charge on any atom is 0.146 e. The molecule has 0 aliphatic carbocycles. The van der Waals surface area contributed by atoms with Crippen molar-refractivity contribution in [1.29, 1.82) is 0 Å². The summed E-state index contributed by atoms with van der Waals surface area (Å²) in [5, 5.41) is 17.6. The summed E-state index contributed by atoms with van der Waals surface area (Å²) in [6, 6.07) is 65.0. The highest BCUT2D eigenvalue weighted by Gasteiger charge is 2.27. The van der Waals surface area contributed by atoms with Crippen LogP contribution in [-0.2, 0) is 0 Å². The maximum absolute atomic E-state index is 5.44. The van der Waals surface area contributed by atoms with Gasteiger partial charge in [0, 0.05) is 65.1 Å². The molecule has 9 aromatic carbocycles. The molecule has 15 aromatic rings. The smallest absolute Gasteiger partial charge is 0.146 e. The third kappa shape index (κ3) is 3.60. The molecule has 59 heavy (non-hydrogen) atoms. The standard InChI is InChI=1S/C55H30N4/c1-2-15-35(16-3-1)57-45-23-9-8-18-37(45)43-28-34(24-25-46(43)57)42-27-33-14-6-7-17-36(33)49-39-20-11-21-40-50-48(58(53(39)40)54(42)49)30-56-55-51(50)41-22-10-19-38-44-26-31-12-4-5-13-32(31)29-47(44)59(55)52(38)41/h1-30H. The van der Waals surface area contributed by atoms with Crippen LogP contribution in [0.1, 0.15) is 0 Å². The molecule has 0 amide bonds. The quantitative estimate of drug-likeness (QED) is 0.173. The van der Waals surface area contributed by atoms with Gasteiger partial charge in [0.05, 0.1) is 44.8 Å². The number of hydrogen-bond acceptors (Lipinski definition) is 1. The molecule has 15 rings (SSSR count). The number of aromatic nitrogens is 4. The molecule has 6 aromatic heterocycles. The highest BCUT2D eigenvalue weighted by Crippen LogP contribution is 2.49. The van der Waals surface area contributed by atoms with Gasteiger partial charge in [-0.2, -0.15) is 0 Å². The van der Waals surface area contributed by atoms with Gasteiger partial charge in [0.15, 0.2) is 0 Å². The molecular formula is C55H30N4. The second-order valence-electron chi connectivity index (χ2n) is 16.3. The lowest BCUT2D eigenvalue weighted by molar-refractivity contribution is 1.18. The first-order chi connectivity index (χ1) is 29.3. The maximum atomic E-state index is 5.44. The van der Waals surface area contributed by atoms with E-state index in [1.165, 1.54) is 125 Å². The Morgan fingerprint density at radius 1 is 0.339 bits per heavy atom. The van der Waals surface area contributed by atoms with E-state index >= 15 is 0 Å². The minimum Gasteiger partial charge on any atom is -0.309 e. The second-order valence-corrected chi connectivity index (χ2v) is 16.3. The SMILES string of the molecule is c1ccc(-n2c3ccccc3c3cc(-c4cc5ccccc5c5c6cccc7c8c9c%10cccc%11c%12cc%13ccccc%13cc%12n(c9ncc8n(c45)c76)c%11%10)ccc32)cc1. The van der Waals surface area contributed by atoms with Gasteiger partial charge in [-0.05, 0) is 75.6 Å². The molecule has 0 aliphatic rings. The van der Waals surface area contributed by atoms with E-state index in [4.69, 9.17) is 4.98 Å². The van der Waals surface area contributed by atoms with E-state index in [0.717, 1.165) is 11.2 Å². The molecule has 0 saturated heterocycles. The highest BCUT2D eigenvalue weighted by molar-refractivity contribution is 6.37. The van der Waals surface area contributed by atoms with Gasteiger partial charge in [0.2, 0.25) is 0 Å². The van der Waals surface area contributed by atoms with E-state index in [1.54, 1.807) is 0 Å². The Morgan fingerprint density at radius 3 is 1.81 bits per heavy atom. The molecule has 0 radical (unpaired) electrons. The molecule has 0 saturated carbocycles. The van der Waals surface area contributed by atoms with Crippen molar-refractivity contribution in [3.8, 4) is 16.8 Å². The van der Waals surface area contributed by atoms with Crippen molar-refractivity contribution in [2.75, 3.05) is 0 Å². The van der Waals surface area contributed by atoms with Gasteiger partial charge < -0.3 is 8.97 Å². The lowest BCUT2D eigenvalue weighted by atomic mass is 9.94. The van der Waals surface area contributed by atoms with E-state index in [9.17, 15) is 0 Å². The van der Waals surface area contributed by atoms with Crippen LogP contribution >= 0.6 is 0 Å². The molecule has 6 heterocycles. The Balaban J connectivity index is 1.10. The van der Waals surface area contributed by atoms with E-state index in [-0.39, 0.29) is 0 Å². The zero-order chi connectivity index (χ0) is 38.1. The van der Waals surface area contributed by atoms with Crippen molar-refractivity contribution in [3.05, 3.63) is 182 Å². The number of nitrogens with zero attached hydrogens (tertiary/aromatic N) is 4. The Labute approximate surface area is 335 Å². The molecule has 0 atom stereocenters. The van der Waals surface area contributed by atoms with E-state index in [0.29, 0.717) is 0 Å². The summed E-state index contributed by atoms with van der Waals surface area (Å²) in [6.45, 7) is 0. The molecule has 0 N–H and O–H groups in total. The number of hydrogen-bond donors (Lipinski definition) is 0. The van der Waals surface area contributed by atoms with Gasteiger partial charge in [-0.15, -0.1) is 0 Å². The average molecular weight is 747 g/mol. The highest BCUT2D eigenvalue weighted by atomic mass is 15.0. The van der Waals surface area contributed by atoms with Gasteiger partial charge in [-0.25, -0.2) is 4.98 Å². The molecule has 0 unspecified atom stereocenters. The predicted octanol–water partition coefficient (Wildman–Crippen LogP) is 14.5. The lowest BCUT2D eigenvalue weighted by Gasteiger charge is -2.11. The van der Waals surface area contributed by atoms with Crippen LogP contribution in [0.4, 0.5) is 0 Å². The van der Waals surface area contributed by atoms with Crippen LogP contribution in [0.25, 0.3) is 136 Å². The third-order valence-corrected chi connectivity index (χ3v) is 13.5. The summed E-state index contributed by atoms with van der Waals surface area (Å²) in [7, 11) is 0. The zero-order valence-corrected chi connectivity index (χ0v) is 31.6.